The fraction of sp³-hybridized carbons (Fsp3) is 0.909. The highest BCUT2D eigenvalue weighted by molar-refractivity contribution is 5.81. The summed E-state index contributed by atoms with van der Waals surface area (Å²) in [5.74, 6) is -0.884. The van der Waals surface area contributed by atoms with Crippen LogP contribution in [0.4, 0.5) is 0 Å². The maximum Gasteiger partial charge on any atom is 0.251 e. The molecule has 0 aromatic carbocycles. The minimum Gasteiger partial charge on any atom is -0.394 e. The van der Waals surface area contributed by atoms with E-state index in [1.54, 1.807) is 0 Å². The standard InChI is InChI=1S/C11H23NO7/c1-2-3-4-12-11(19)10(18)9(17)8(16)7(15)6(14)5-13/h6-10,13-18H,2-5H2,1H3,(H,12,19)/t6-,7-,8-,9+,10+/m1/s1. The van der Waals surface area contributed by atoms with E-state index in [0.717, 1.165) is 6.42 Å². The molecule has 0 rings (SSSR count). The van der Waals surface area contributed by atoms with E-state index in [1.807, 2.05) is 6.92 Å². The van der Waals surface area contributed by atoms with Gasteiger partial charge < -0.3 is 36.0 Å². The summed E-state index contributed by atoms with van der Waals surface area (Å²) < 4.78 is 0. The molecule has 8 heteroatoms. The number of hydrogen-bond donors (Lipinski definition) is 7. The number of aliphatic hydroxyl groups excluding tert-OH is 6. The maximum atomic E-state index is 11.4. The minimum atomic E-state index is -1.97. The Morgan fingerprint density at radius 3 is 2.11 bits per heavy atom. The summed E-state index contributed by atoms with van der Waals surface area (Å²) in [5.41, 5.74) is 0. The van der Waals surface area contributed by atoms with Gasteiger partial charge >= 0.3 is 0 Å². The number of unbranched alkanes of at least 4 members (excludes halogenated alkanes) is 1. The molecule has 0 heterocycles. The Morgan fingerprint density at radius 2 is 1.63 bits per heavy atom. The number of carbonyl (C=O) groups is 1. The molecule has 0 fully saturated rings. The van der Waals surface area contributed by atoms with Crippen molar-refractivity contribution in [3.63, 3.8) is 0 Å². The Morgan fingerprint density at radius 1 is 1.05 bits per heavy atom. The zero-order chi connectivity index (χ0) is 15.0. The van der Waals surface area contributed by atoms with E-state index in [0.29, 0.717) is 13.0 Å². The first-order valence-electron chi connectivity index (χ1n) is 6.15. The van der Waals surface area contributed by atoms with Crippen molar-refractivity contribution < 1.29 is 35.4 Å². The van der Waals surface area contributed by atoms with Gasteiger partial charge in [-0.25, -0.2) is 0 Å². The van der Waals surface area contributed by atoms with Crippen molar-refractivity contribution >= 4 is 5.91 Å². The van der Waals surface area contributed by atoms with Gasteiger partial charge in [-0.3, -0.25) is 4.79 Å². The van der Waals surface area contributed by atoms with Crippen molar-refractivity contribution in [1.29, 1.82) is 0 Å². The molecule has 0 saturated heterocycles. The monoisotopic (exact) mass is 281 g/mol. The molecule has 19 heavy (non-hydrogen) atoms. The average molecular weight is 281 g/mol. The molecule has 0 aromatic heterocycles. The lowest BCUT2D eigenvalue weighted by Crippen LogP contribution is -2.54. The van der Waals surface area contributed by atoms with Crippen LogP contribution in [-0.2, 0) is 4.79 Å². The van der Waals surface area contributed by atoms with Crippen LogP contribution in [0.2, 0.25) is 0 Å². The molecule has 8 nitrogen and oxygen atoms in total. The first-order chi connectivity index (χ1) is 8.86. The van der Waals surface area contributed by atoms with Crippen molar-refractivity contribution in [2.45, 2.75) is 50.3 Å². The number of hydrogen-bond acceptors (Lipinski definition) is 7. The molecular weight excluding hydrogens is 258 g/mol. The fourth-order valence-corrected chi connectivity index (χ4v) is 1.37. The van der Waals surface area contributed by atoms with E-state index < -0.39 is 43.0 Å². The molecule has 0 aromatic rings. The molecule has 0 aliphatic carbocycles. The molecule has 5 atom stereocenters. The molecule has 114 valence electrons. The van der Waals surface area contributed by atoms with Gasteiger partial charge in [-0.15, -0.1) is 0 Å². The Bertz CT molecular complexity index is 263. The van der Waals surface area contributed by atoms with Crippen molar-refractivity contribution in [3.05, 3.63) is 0 Å². The second kappa shape index (κ2) is 9.18. The van der Waals surface area contributed by atoms with Crippen LogP contribution in [0, 0.1) is 0 Å². The third-order valence-corrected chi connectivity index (χ3v) is 2.70. The van der Waals surface area contributed by atoms with Gasteiger partial charge in [0.25, 0.3) is 5.91 Å². The summed E-state index contributed by atoms with van der Waals surface area (Å²) in [5, 5.41) is 57.8. The van der Waals surface area contributed by atoms with Gasteiger partial charge in [0.1, 0.15) is 24.4 Å². The third-order valence-electron chi connectivity index (χ3n) is 2.70. The molecular formula is C11H23NO7. The second-order valence-corrected chi connectivity index (χ2v) is 4.31. The Labute approximate surface area is 111 Å². The van der Waals surface area contributed by atoms with E-state index in [9.17, 15) is 25.2 Å². The summed E-state index contributed by atoms with van der Waals surface area (Å²) in [6.07, 6.45) is -7.90. The van der Waals surface area contributed by atoms with Crippen LogP contribution in [-0.4, -0.2) is 80.2 Å². The summed E-state index contributed by atoms with van der Waals surface area (Å²) in [7, 11) is 0. The molecule has 0 aliphatic heterocycles. The lowest BCUT2D eigenvalue weighted by molar-refractivity contribution is -0.156. The van der Waals surface area contributed by atoms with Crippen LogP contribution < -0.4 is 5.32 Å². The lowest BCUT2D eigenvalue weighted by Gasteiger charge is -2.27. The van der Waals surface area contributed by atoms with Gasteiger partial charge in [0.2, 0.25) is 0 Å². The fourth-order valence-electron chi connectivity index (χ4n) is 1.37. The minimum absolute atomic E-state index is 0.316. The average Bonchev–Trinajstić information content (AvgIpc) is 2.43. The predicted molar refractivity (Wildman–Crippen MR) is 65.0 cm³/mol. The normalized spacial score (nSPS) is 19.3. The van der Waals surface area contributed by atoms with Gasteiger partial charge in [-0.1, -0.05) is 13.3 Å². The SMILES string of the molecule is CCCCNC(=O)[C@@H](O)[C@@H](O)[C@H](O)[C@H](O)[C@H](O)CO. The van der Waals surface area contributed by atoms with Gasteiger partial charge in [0, 0.05) is 6.54 Å². The Balaban J connectivity index is 4.37. The van der Waals surface area contributed by atoms with Crippen LogP contribution in [0.25, 0.3) is 0 Å². The van der Waals surface area contributed by atoms with Crippen molar-refractivity contribution in [1.82, 2.24) is 5.32 Å². The Kier molecular flexibility index (Phi) is 8.81. The number of rotatable bonds is 9. The van der Waals surface area contributed by atoms with Gasteiger partial charge in [0.05, 0.1) is 6.61 Å². The molecule has 0 bridgehead atoms. The van der Waals surface area contributed by atoms with E-state index in [-0.39, 0.29) is 0 Å². The first kappa shape index (κ1) is 18.2. The second-order valence-electron chi connectivity index (χ2n) is 4.31. The number of carbonyl (C=O) groups excluding carboxylic acids is 1. The highest BCUT2D eigenvalue weighted by Crippen LogP contribution is 2.08. The zero-order valence-electron chi connectivity index (χ0n) is 10.8. The van der Waals surface area contributed by atoms with Gasteiger partial charge in [0.15, 0.2) is 6.10 Å². The molecule has 0 radical (unpaired) electrons. The van der Waals surface area contributed by atoms with Crippen LogP contribution in [0.15, 0.2) is 0 Å². The molecule has 7 N–H and O–H groups in total. The van der Waals surface area contributed by atoms with Gasteiger partial charge in [-0.2, -0.15) is 0 Å². The lowest BCUT2D eigenvalue weighted by atomic mass is 9.99. The topological polar surface area (TPSA) is 150 Å². The summed E-state index contributed by atoms with van der Waals surface area (Å²) in [6.45, 7) is 1.40. The highest BCUT2D eigenvalue weighted by Gasteiger charge is 2.36. The summed E-state index contributed by atoms with van der Waals surface area (Å²) >= 11 is 0. The van der Waals surface area contributed by atoms with Gasteiger partial charge in [-0.05, 0) is 6.42 Å². The van der Waals surface area contributed by atoms with Crippen LogP contribution in [0.3, 0.4) is 0 Å². The predicted octanol–water partition coefficient (Wildman–Crippen LogP) is -3.30. The molecule has 0 aliphatic rings. The smallest absolute Gasteiger partial charge is 0.251 e. The molecule has 0 saturated carbocycles. The first-order valence-corrected chi connectivity index (χ1v) is 6.15. The highest BCUT2D eigenvalue weighted by atomic mass is 16.4. The van der Waals surface area contributed by atoms with Crippen molar-refractivity contribution in [2.24, 2.45) is 0 Å². The quantitative estimate of drug-likeness (QED) is 0.219. The molecule has 0 unspecified atom stereocenters. The van der Waals surface area contributed by atoms with E-state index in [4.69, 9.17) is 10.2 Å². The zero-order valence-corrected chi connectivity index (χ0v) is 10.8. The van der Waals surface area contributed by atoms with Crippen molar-refractivity contribution in [2.75, 3.05) is 13.2 Å². The summed E-state index contributed by atoms with van der Waals surface area (Å²) in [4.78, 5) is 11.4. The Hall–Kier alpha value is -0.770. The van der Waals surface area contributed by atoms with Crippen LogP contribution in [0.5, 0.6) is 0 Å². The molecule has 0 spiro atoms. The van der Waals surface area contributed by atoms with E-state index in [1.165, 1.54) is 0 Å². The number of nitrogens with one attached hydrogen (secondary N) is 1. The molecule has 1 amide bonds. The van der Waals surface area contributed by atoms with Crippen LogP contribution >= 0.6 is 0 Å². The number of amides is 1. The maximum absolute atomic E-state index is 11.4. The van der Waals surface area contributed by atoms with E-state index >= 15 is 0 Å². The largest absolute Gasteiger partial charge is 0.394 e. The third kappa shape index (κ3) is 5.81. The van der Waals surface area contributed by atoms with Crippen molar-refractivity contribution in [3.8, 4) is 0 Å². The summed E-state index contributed by atoms with van der Waals surface area (Å²) in [6, 6.07) is 0. The van der Waals surface area contributed by atoms with Crippen LogP contribution in [0.1, 0.15) is 19.8 Å². The van der Waals surface area contributed by atoms with E-state index in [2.05, 4.69) is 5.32 Å². The number of aliphatic hydroxyl groups is 6.